The number of carbonyl (C=O) groups is 1. The lowest BCUT2D eigenvalue weighted by Crippen LogP contribution is -2.16. The van der Waals surface area contributed by atoms with E-state index in [1.165, 1.54) is 17.3 Å². The molecule has 0 unspecified atom stereocenters. The van der Waals surface area contributed by atoms with Gasteiger partial charge in [0.1, 0.15) is 12.4 Å². The summed E-state index contributed by atoms with van der Waals surface area (Å²) in [7, 11) is 0. The lowest BCUT2D eigenvalue weighted by molar-refractivity contribution is -0.113. The highest BCUT2D eigenvalue weighted by Crippen LogP contribution is 2.24. The smallest absolute Gasteiger partial charge is 0.234 e. The third-order valence-corrected chi connectivity index (χ3v) is 6.06. The first-order valence-electron chi connectivity index (χ1n) is 9.68. The average molecular weight is 489 g/mol. The summed E-state index contributed by atoms with van der Waals surface area (Å²) in [6, 6.07) is 11.8. The van der Waals surface area contributed by atoms with E-state index in [-0.39, 0.29) is 11.7 Å². The summed E-state index contributed by atoms with van der Waals surface area (Å²) in [6.07, 6.45) is 0. The minimum absolute atomic E-state index is 0.0617. The van der Waals surface area contributed by atoms with Gasteiger partial charge in [-0.15, -0.1) is 10.2 Å². The Labute approximate surface area is 189 Å². The molecule has 0 aliphatic heterocycles. The number of benzene rings is 2. The van der Waals surface area contributed by atoms with Crippen molar-refractivity contribution in [1.82, 2.24) is 14.8 Å². The van der Waals surface area contributed by atoms with Gasteiger partial charge >= 0.3 is 0 Å². The normalized spacial score (nSPS) is 10.8. The number of thioether (sulfide) groups is 1. The van der Waals surface area contributed by atoms with E-state index in [4.69, 9.17) is 4.74 Å². The molecule has 1 aromatic heterocycles. The Kier molecular flexibility index (Phi) is 7.55. The number of nitrogens with one attached hydrogen (secondary N) is 1. The van der Waals surface area contributed by atoms with Crippen LogP contribution in [-0.4, -0.2) is 26.4 Å². The molecular weight excluding hydrogens is 464 g/mol. The van der Waals surface area contributed by atoms with Crippen LogP contribution in [0.4, 0.5) is 5.69 Å². The number of aryl methyl sites for hydroxylation is 3. The highest BCUT2D eigenvalue weighted by atomic mass is 79.9. The summed E-state index contributed by atoms with van der Waals surface area (Å²) in [5, 5.41) is 12.2. The van der Waals surface area contributed by atoms with Gasteiger partial charge in [-0.2, -0.15) is 0 Å². The third-order valence-electron chi connectivity index (χ3n) is 4.57. The molecule has 2 aromatic carbocycles. The van der Waals surface area contributed by atoms with Crippen LogP contribution in [0.1, 0.15) is 29.4 Å². The summed E-state index contributed by atoms with van der Waals surface area (Å²) in [5.74, 6) is 1.70. The van der Waals surface area contributed by atoms with Gasteiger partial charge in [-0.05, 0) is 63.1 Å². The highest BCUT2D eigenvalue weighted by Gasteiger charge is 2.15. The van der Waals surface area contributed by atoms with E-state index >= 15 is 0 Å². The molecule has 1 N–H and O–H groups in total. The first kappa shape index (κ1) is 22.4. The van der Waals surface area contributed by atoms with Gasteiger partial charge in [0, 0.05) is 16.7 Å². The number of rotatable bonds is 8. The van der Waals surface area contributed by atoms with E-state index in [1.54, 1.807) is 0 Å². The summed E-state index contributed by atoms with van der Waals surface area (Å²) < 4.78 is 8.78. The van der Waals surface area contributed by atoms with Crippen LogP contribution in [0.3, 0.4) is 0 Å². The van der Waals surface area contributed by atoms with E-state index < -0.39 is 0 Å². The number of carbonyl (C=O) groups excluding carboxylic acids is 1. The number of hydrogen-bond donors (Lipinski definition) is 1. The first-order chi connectivity index (χ1) is 14.4. The van der Waals surface area contributed by atoms with Gasteiger partial charge < -0.3 is 14.6 Å². The predicted octanol–water partition coefficient (Wildman–Crippen LogP) is 5.30. The maximum Gasteiger partial charge on any atom is 0.234 e. The minimum Gasteiger partial charge on any atom is -0.486 e. The van der Waals surface area contributed by atoms with Crippen LogP contribution in [0.15, 0.2) is 46.0 Å². The Hall–Kier alpha value is -2.32. The second-order valence-corrected chi connectivity index (χ2v) is 8.85. The zero-order valence-electron chi connectivity index (χ0n) is 17.5. The van der Waals surface area contributed by atoms with Crippen LogP contribution in [0.5, 0.6) is 5.75 Å². The molecule has 0 fully saturated rings. The van der Waals surface area contributed by atoms with Crippen LogP contribution in [0.2, 0.25) is 0 Å². The van der Waals surface area contributed by atoms with Crippen molar-refractivity contribution >= 4 is 39.3 Å². The van der Waals surface area contributed by atoms with Crippen molar-refractivity contribution in [2.45, 2.75) is 46.0 Å². The quantitative estimate of drug-likeness (QED) is 0.435. The molecule has 0 atom stereocenters. The largest absolute Gasteiger partial charge is 0.486 e. The van der Waals surface area contributed by atoms with Crippen molar-refractivity contribution in [3.05, 3.63) is 63.4 Å². The third kappa shape index (κ3) is 5.64. The van der Waals surface area contributed by atoms with Crippen LogP contribution in [-0.2, 0) is 17.9 Å². The highest BCUT2D eigenvalue weighted by molar-refractivity contribution is 9.10. The molecule has 3 aromatic rings. The van der Waals surface area contributed by atoms with Gasteiger partial charge in [0.05, 0.1) is 5.75 Å². The Morgan fingerprint density at radius 3 is 2.43 bits per heavy atom. The topological polar surface area (TPSA) is 69.0 Å². The summed E-state index contributed by atoms with van der Waals surface area (Å²) >= 11 is 4.78. The van der Waals surface area contributed by atoms with Crippen LogP contribution < -0.4 is 10.1 Å². The monoisotopic (exact) mass is 488 g/mol. The number of ether oxygens (including phenoxy) is 1. The van der Waals surface area contributed by atoms with Crippen molar-refractivity contribution in [1.29, 1.82) is 0 Å². The lowest BCUT2D eigenvalue weighted by Gasteiger charge is -2.13. The van der Waals surface area contributed by atoms with E-state index in [9.17, 15) is 4.79 Å². The number of aromatic nitrogens is 3. The standard InChI is InChI=1S/C22H25BrN4O2S/c1-5-27-19(12-29-18-8-6-17(23)7-9-18)25-26-22(27)30-13-20(28)24-21-15(3)10-14(2)11-16(21)4/h6-11H,5,12-13H2,1-4H3,(H,24,28). The molecule has 8 heteroatoms. The van der Waals surface area contributed by atoms with Crippen molar-refractivity contribution in [2.75, 3.05) is 11.1 Å². The maximum atomic E-state index is 12.5. The SMILES string of the molecule is CCn1c(COc2ccc(Br)cc2)nnc1SCC(=O)Nc1c(C)cc(C)cc1C. The first-order valence-corrected chi connectivity index (χ1v) is 11.5. The van der Waals surface area contributed by atoms with E-state index in [1.807, 2.05) is 49.6 Å². The van der Waals surface area contributed by atoms with E-state index in [0.29, 0.717) is 18.3 Å². The molecule has 6 nitrogen and oxygen atoms in total. The fourth-order valence-corrected chi connectivity index (χ4v) is 4.30. The number of nitrogens with zero attached hydrogens (tertiary/aromatic N) is 3. The van der Waals surface area contributed by atoms with Crippen molar-refractivity contribution in [3.63, 3.8) is 0 Å². The number of anilines is 1. The molecule has 30 heavy (non-hydrogen) atoms. The van der Waals surface area contributed by atoms with E-state index in [2.05, 4.69) is 50.5 Å². The lowest BCUT2D eigenvalue weighted by atomic mass is 10.1. The van der Waals surface area contributed by atoms with Crippen molar-refractivity contribution < 1.29 is 9.53 Å². The van der Waals surface area contributed by atoms with Gasteiger partial charge in [0.25, 0.3) is 0 Å². The van der Waals surface area contributed by atoms with Gasteiger partial charge in [-0.25, -0.2) is 0 Å². The van der Waals surface area contributed by atoms with Crippen molar-refractivity contribution in [3.8, 4) is 5.75 Å². The van der Waals surface area contributed by atoms with Crippen LogP contribution in [0, 0.1) is 20.8 Å². The molecule has 1 amide bonds. The molecule has 0 bridgehead atoms. The van der Waals surface area contributed by atoms with Crippen LogP contribution >= 0.6 is 27.7 Å². The van der Waals surface area contributed by atoms with Gasteiger partial charge in [-0.1, -0.05) is 45.4 Å². The predicted molar refractivity (Wildman–Crippen MR) is 124 cm³/mol. The molecule has 158 valence electrons. The Morgan fingerprint density at radius 2 is 1.80 bits per heavy atom. The summed E-state index contributed by atoms with van der Waals surface area (Å²) in [6.45, 7) is 9.11. The summed E-state index contributed by atoms with van der Waals surface area (Å²) in [4.78, 5) is 12.5. The Balaban J connectivity index is 1.60. The molecule has 0 spiro atoms. The van der Waals surface area contributed by atoms with Gasteiger partial charge in [0.2, 0.25) is 5.91 Å². The fourth-order valence-electron chi connectivity index (χ4n) is 3.21. The molecule has 0 radical (unpaired) electrons. The second-order valence-electron chi connectivity index (χ2n) is 7.00. The summed E-state index contributed by atoms with van der Waals surface area (Å²) in [5.41, 5.74) is 4.20. The van der Waals surface area contributed by atoms with Gasteiger partial charge in [-0.3, -0.25) is 4.79 Å². The van der Waals surface area contributed by atoms with E-state index in [0.717, 1.165) is 32.9 Å². The zero-order chi connectivity index (χ0) is 21.7. The van der Waals surface area contributed by atoms with Gasteiger partial charge in [0.15, 0.2) is 11.0 Å². The van der Waals surface area contributed by atoms with Crippen LogP contribution in [0.25, 0.3) is 0 Å². The average Bonchev–Trinajstić information content (AvgIpc) is 3.10. The second kappa shape index (κ2) is 10.1. The molecule has 0 aliphatic rings. The Morgan fingerprint density at radius 1 is 1.13 bits per heavy atom. The molecule has 1 heterocycles. The number of hydrogen-bond acceptors (Lipinski definition) is 5. The zero-order valence-corrected chi connectivity index (χ0v) is 19.9. The van der Waals surface area contributed by atoms with Crippen molar-refractivity contribution in [2.24, 2.45) is 0 Å². The number of halogens is 1. The molecule has 0 saturated carbocycles. The molecule has 0 saturated heterocycles. The molecule has 3 rings (SSSR count). The molecule has 0 aliphatic carbocycles. The fraction of sp³-hybridized carbons (Fsp3) is 0.318. The number of amides is 1. The minimum atomic E-state index is -0.0617. The Bertz CT molecular complexity index is 1010. The maximum absolute atomic E-state index is 12.5. The molecular formula is C22H25BrN4O2S.